The van der Waals surface area contributed by atoms with Gasteiger partial charge in [0.25, 0.3) is 0 Å². The van der Waals surface area contributed by atoms with Gasteiger partial charge in [-0.05, 0) is 42.3 Å². The van der Waals surface area contributed by atoms with Crippen molar-refractivity contribution in [2.24, 2.45) is 11.5 Å². The lowest BCUT2D eigenvalue weighted by Crippen LogP contribution is -2.23. The van der Waals surface area contributed by atoms with Crippen molar-refractivity contribution in [2.75, 3.05) is 4.90 Å². The van der Waals surface area contributed by atoms with Gasteiger partial charge < -0.3 is 26.6 Å². The van der Waals surface area contributed by atoms with Crippen molar-refractivity contribution in [3.63, 3.8) is 0 Å². The Balaban J connectivity index is 1.97. The first-order valence-corrected chi connectivity index (χ1v) is 9.70. The first kappa shape index (κ1) is 21.8. The van der Waals surface area contributed by atoms with Crippen LogP contribution in [-0.2, 0) is 19.7 Å². The third kappa shape index (κ3) is 4.99. The molecule has 8 N–H and O–H groups in total. The zero-order chi connectivity index (χ0) is 22.5. The number of nitrogen functional groups attached to an aromatic ring is 2. The fraction of sp³-hybridized carbons (Fsp3) is 0.174. The van der Waals surface area contributed by atoms with E-state index in [2.05, 4.69) is 9.88 Å². The number of aliphatic hydroxyl groups is 1. The van der Waals surface area contributed by atoms with Crippen molar-refractivity contribution in [1.82, 2.24) is 4.98 Å². The highest BCUT2D eigenvalue weighted by molar-refractivity contribution is 5.95. The summed E-state index contributed by atoms with van der Waals surface area (Å²) in [5.74, 6) is 0.00264. The van der Waals surface area contributed by atoms with E-state index >= 15 is 0 Å². The van der Waals surface area contributed by atoms with Gasteiger partial charge in [0.2, 0.25) is 0 Å². The van der Waals surface area contributed by atoms with E-state index in [9.17, 15) is 10.2 Å². The number of rotatable bonds is 8. The molecule has 1 heterocycles. The van der Waals surface area contributed by atoms with Crippen molar-refractivity contribution >= 4 is 17.4 Å². The van der Waals surface area contributed by atoms with Gasteiger partial charge in [0.05, 0.1) is 12.3 Å². The number of benzene rings is 2. The monoisotopic (exact) mass is 418 g/mol. The second-order valence-electron chi connectivity index (χ2n) is 7.28. The Morgan fingerprint density at radius 1 is 0.935 bits per heavy atom. The van der Waals surface area contributed by atoms with Crippen molar-refractivity contribution in [1.29, 1.82) is 10.8 Å². The predicted octanol–water partition coefficient (Wildman–Crippen LogP) is 2.36. The summed E-state index contributed by atoms with van der Waals surface area (Å²) in [6.45, 7) is 2.31. The number of nitrogens with one attached hydrogen (secondary N) is 2. The molecule has 0 radical (unpaired) electrons. The van der Waals surface area contributed by atoms with Crippen molar-refractivity contribution in [2.45, 2.75) is 26.6 Å². The van der Waals surface area contributed by atoms with Gasteiger partial charge in [-0.1, -0.05) is 24.3 Å². The first-order valence-electron chi connectivity index (χ1n) is 9.70. The standard InChI is InChI=1S/C23H26N6O2/c1-14-21(31)20(13-30)18(10-28-14)12-29(19-8-6-17(7-9-19)23(26)27)11-15-2-4-16(5-3-15)22(24)25/h2-10,30-31H,11-13H2,1H3,(H3,24,25)(H3,26,27). The fourth-order valence-corrected chi connectivity index (χ4v) is 3.30. The first-order chi connectivity index (χ1) is 14.8. The number of aliphatic hydroxyl groups excluding tert-OH is 1. The number of nitrogens with two attached hydrogens (primary N) is 2. The number of hydrogen-bond acceptors (Lipinski definition) is 6. The lowest BCUT2D eigenvalue weighted by molar-refractivity contribution is 0.273. The van der Waals surface area contributed by atoms with Crippen molar-refractivity contribution < 1.29 is 10.2 Å². The van der Waals surface area contributed by atoms with E-state index in [-0.39, 0.29) is 24.0 Å². The molecule has 0 spiro atoms. The SMILES string of the molecule is Cc1ncc(CN(Cc2ccc(C(=N)N)cc2)c2ccc(C(=N)N)cc2)c(CO)c1O. The number of amidine groups is 2. The Kier molecular flexibility index (Phi) is 6.52. The summed E-state index contributed by atoms with van der Waals surface area (Å²) < 4.78 is 0. The molecular formula is C23H26N6O2. The van der Waals surface area contributed by atoms with Crippen LogP contribution in [0.2, 0.25) is 0 Å². The second-order valence-corrected chi connectivity index (χ2v) is 7.28. The number of pyridine rings is 1. The van der Waals surface area contributed by atoms with Gasteiger partial charge >= 0.3 is 0 Å². The maximum atomic E-state index is 10.3. The highest BCUT2D eigenvalue weighted by Crippen LogP contribution is 2.27. The largest absolute Gasteiger partial charge is 0.506 e. The molecule has 31 heavy (non-hydrogen) atoms. The molecule has 0 aliphatic heterocycles. The van der Waals surface area contributed by atoms with Gasteiger partial charge in [-0.3, -0.25) is 15.8 Å². The summed E-state index contributed by atoms with van der Waals surface area (Å²) in [5.41, 5.74) is 15.9. The summed E-state index contributed by atoms with van der Waals surface area (Å²) in [6.07, 6.45) is 1.66. The number of aromatic nitrogens is 1. The zero-order valence-electron chi connectivity index (χ0n) is 17.3. The number of anilines is 1. The van der Waals surface area contributed by atoms with E-state index in [1.165, 1.54) is 0 Å². The molecule has 0 saturated heterocycles. The molecule has 3 aromatic rings. The van der Waals surface area contributed by atoms with Crippen LogP contribution in [0.3, 0.4) is 0 Å². The van der Waals surface area contributed by atoms with E-state index in [1.54, 1.807) is 37.4 Å². The quantitative estimate of drug-likeness (QED) is 0.244. The zero-order valence-corrected chi connectivity index (χ0v) is 17.3. The van der Waals surface area contributed by atoms with E-state index in [1.807, 2.05) is 24.3 Å². The maximum Gasteiger partial charge on any atom is 0.142 e. The van der Waals surface area contributed by atoms with E-state index in [4.69, 9.17) is 22.3 Å². The lowest BCUT2D eigenvalue weighted by atomic mass is 10.1. The maximum absolute atomic E-state index is 10.3. The van der Waals surface area contributed by atoms with Crippen molar-refractivity contribution in [3.05, 3.63) is 88.2 Å². The van der Waals surface area contributed by atoms with Gasteiger partial charge in [-0.25, -0.2) is 0 Å². The Hall–Kier alpha value is -3.91. The van der Waals surface area contributed by atoms with Crippen molar-refractivity contribution in [3.8, 4) is 5.75 Å². The third-order valence-corrected chi connectivity index (χ3v) is 5.13. The minimum Gasteiger partial charge on any atom is -0.506 e. The molecular weight excluding hydrogens is 392 g/mol. The Morgan fingerprint density at radius 2 is 1.48 bits per heavy atom. The minimum atomic E-state index is -0.297. The highest BCUT2D eigenvalue weighted by Gasteiger charge is 2.16. The number of hydrogen-bond donors (Lipinski definition) is 6. The van der Waals surface area contributed by atoms with E-state index in [0.29, 0.717) is 41.0 Å². The topological polar surface area (TPSA) is 156 Å². The van der Waals surface area contributed by atoms with Crippen LogP contribution in [0, 0.1) is 17.7 Å². The molecule has 0 saturated carbocycles. The molecule has 0 aliphatic carbocycles. The van der Waals surface area contributed by atoms with Gasteiger partial charge in [-0.15, -0.1) is 0 Å². The summed E-state index contributed by atoms with van der Waals surface area (Å²) in [6, 6.07) is 14.7. The Bertz CT molecular complexity index is 1090. The van der Waals surface area contributed by atoms with E-state index in [0.717, 1.165) is 11.3 Å². The average molecular weight is 419 g/mol. The molecule has 0 aliphatic rings. The molecule has 1 aromatic heterocycles. The normalized spacial score (nSPS) is 10.6. The molecule has 3 rings (SSSR count). The van der Waals surface area contributed by atoms with Crippen LogP contribution in [-0.4, -0.2) is 26.9 Å². The average Bonchev–Trinajstić information content (AvgIpc) is 2.76. The molecule has 160 valence electrons. The van der Waals surface area contributed by atoms with Crippen LogP contribution in [0.15, 0.2) is 54.7 Å². The summed E-state index contributed by atoms with van der Waals surface area (Å²) in [5, 5.41) is 35.3. The lowest BCUT2D eigenvalue weighted by Gasteiger charge is -2.26. The van der Waals surface area contributed by atoms with Gasteiger partial charge in [0.15, 0.2) is 0 Å². The third-order valence-electron chi connectivity index (χ3n) is 5.13. The molecule has 0 bridgehead atoms. The Labute approximate surface area is 180 Å². The minimum absolute atomic E-state index is 0.00214. The van der Waals surface area contributed by atoms with Crippen LogP contribution in [0.25, 0.3) is 0 Å². The van der Waals surface area contributed by atoms with Crippen LogP contribution in [0.5, 0.6) is 5.75 Å². The molecule has 2 aromatic carbocycles. The van der Waals surface area contributed by atoms with Crippen LogP contribution in [0.1, 0.15) is 33.5 Å². The molecule has 0 amide bonds. The van der Waals surface area contributed by atoms with E-state index < -0.39 is 0 Å². The summed E-state index contributed by atoms with van der Waals surface area (Å²) in [4.78, 5) is 6.31. The second kappa shape index (κ2) is 9.27. The predicted molar refractivity (Wildman–Crippen MR) is 121 cm³/mol. The van der Waals surface area contributed by atoms with Gasteiger partial charge in [0.1, 0.15) is 17.4 Å². The highest BCUT2D eigenvalue weighted by atomic mass is 16.3. The van der Waals surface area contributed by atoms with Crippen LogP contribution >= 0.6 is 0 Å². The number of aryl methyl sites for hydroxylation is 1. The number of nitrogens with zero attached hydrogens (tertiary/aromatic N) is 2. The molecule has 8 heteroatoms. The summed E-state index contributed by atoms with van der Waals surface area (Å²) in [7, 11) is 0. The Morgan fingerprint density at radius 3 is 2.00 bits per heavy atom. The number of aromatic hydroxyl groups is 1. The van der Waals surface area contributed by atoms with Gasteiger partial charge in [-0.2, -0.15) is 0 Å². The van der Waals surface area contributed by atoms with Crippen LogP contribution in [0.4, 0.5) is 5.69 Å². The van der Waals surface area contributed by atoms with Crippen LogP contribution < -0.4 is 16.4 Å². The fourth-order valence-electron chi connectivity index (χ4n) is 3.30. The molecule has 8 nitrogen and oxygen atoms in total. The molecule has 0 atom stereocenters. The molecule has 0 unspecified atom stereocenters. The van der Waals surface area contributed by atoms with Gasteiger partial charge in [0, 0.05) is 41.7 Å². The molecule has 0 fully saturated rings. The smallest absolute Gasteiger partial charge is 0.142 e. The summed E-state index contributed by atoms with van der Waals surface area (Å²) >= 11 is 0.